The summed E-state index contributed by atoms with van der Waals surface area (Å²) in [5.41, 5.74) is 1.95. The van der Waals surface area contributed by atoms with Gasteiger partial charge in [-0.2, -0.15) is 0 Å². The number of urea groups is 1. The predicted octanol–water partition coefficient (Wildman–Crippen LogP) is 2.71. The fourth-order valence-corrected chi connectivity index (χ4v) is 4.15. The zero-order chi connectivity index (χ0) is 25.5. The van der Waals surface area contributed by atoms with Crippen LogP contribution in [0.1, 0.15) is 24.2 Å². The number of nitrogens with zero attached hydrogens (tertiary/aromatic N) is 3. The highest BCUT2D eigenvalue weighted by atomic mass is 16.5. The van der Waals surface area contributed by atoms with Gasteiger partial charge < -0.3 is 19.4 Å². The average molecular weight is 494 g/mol. The quantitative estimate of drug-likeness (QED) is 0.464. The molecule has 2 aromatic heterocycles. The van der Waals surface area contributed by atoms with Crippen LogP contribution in [0.2, 0.25) is 0 Å². The van der Waals surface area contributed by atoms with Crippen molar-refractivity contribution in [2.45, 2.75) is 20.4 Å². The Kier molecular flexibility index (Phi) is 8.29. The maximum Gasteiger partial charge on any atom is 0.343 e. The fourth-order valence-electron chi connectivity index (χ4n) is 4.15. The van der Waals surface area contributed by atoms with Gasteiger partial charge in [0.2, 0.25) is 5.43 Å². The van der Waals surface area contributed by atoms with Crippen molar-refractivity contribution < 1.29 is 19.1 Å². The number of morpholine rings is 1. The van der Waals surface area contributed by atoms with Gasteiger partial charge in [0, 0.05) is 56.1 Å². The molecule has 1 fully saturated rings. The number of carbonyl (C=O) groups is 2. The van der Waals surface area contributed by atoms with Crippen LogP contribution in [0.25, 0.3) is 22.0 Å². The molecule has 10 heteroatoms. The molecule has 36 heavy (non-hydrogen) atoms. The van der Waals surface area contributed by atoms with Gasteiger partial charge in [-0.15, -0.1) is 0 Å². The van der Waals surface area contributed by atoms with Crippen molar-refractivity contribution in [3.8, 4) is 11.1 Å². The third kappa shape index (κ3) is 5.89. The van der Waals surface area contributed by atoms with E-state index in [0.717, 1.165) is 36.3 Å². The van der Waals surface area contributed by atoms with E-state index in [1.807, 2.05) is 29.7 Å². The molecule has 0 atom stereocenters. The summed E-state index contributed by atoms with van der Waals surface area (Å²) in [6, 6.07) is 8.78. The molecular formula is C26H31N5O5. The molecule has 1 aromatic carbocycles. The number of pyridine rings is 2. The first-order chi connectivity index (χ1) is 17.5. The van der Waals surface area contributed by atoms with E-state index in [9.17, 15) is 14.4 Å². The summed E-state index contributed by atoms with van der Waals surface area (Å²) in [7, 11) is 0. The van der Waals surface area contributed by atoms with Crippen LogP contribution < -0.4 is 16.1 Å². The first-order valence-electron chi connectivity index (χ1n) is 12.2. The maximum atomic E-state index is 13.3. The maximum absolute atomic E-state index is 13.3. The van der Waals surface area contributed by atoms with E-state index in [1.165, 1.54) is 0 Å². The van der Waals surface area contributed by atoms with Crippen LogP contribution in [0.4, 0.5) is 10.6 Å². The average Bonchev–Trinajstić information content (AvgIpc) is 2.89. The second kappa shape index (κ2) is 11.8. The highest BCUT2D eigenvalue weighted by Crippen LogP contribution is 2.24. The van der Waals surface area contributed by atoms with E-state index >= 15 is 0 Å². The highest BCUT2D eigenvalue weighted by molar-refractivity contribution is 5.95. The van der Waals surface area contributed by atoms with Crippen molar-refractivity contribution in [3.05, 3.63) is 58.5 Å². The monoisotopic (exact) mass is 493 g/mol. The number of rotatable bonds is 8. The van der Waals surface area contributed by atoms with Gasteiger partial charge in [0.1, 0.15) is 11.4 Å². The largest absolute Gasteiger partial charge is 0.462 e. The minimum absolute atomic E-state index is 0.0167. The van der Waals surface area contributed by atoms with Crippen molar-refractivity contribution >= 4 is 28.7 Å². The first-order valence-corrected chi connectivity index (χ1v) is 12.2. The van der Waals surface area contributed by atoms with Crippen LogP contribution in [0, 0.1) is 0 Å². The lowest BCUT2D eigenvalue weighted by molar-refractivity contribution is 0.0365. The molecule has 2 amide bonds. The summed E-state index contributed by atoms with van der Waals surface area (Å²) in [5, 5.41) is 5.75. The molecule has 1 aliphatic heterocycles. The Morgan fingerprint density at radius 2 is 1.86 bits per heavy atom. The van der Waals surface area contributed by atoms with Crippen LogP contribution in [0.15, 0.2) is 47.5 Å². The summed E-state index contributed by atoms with van der Waals surface area (Å²) < 4.78 is 12.5. The summed E-state index contributed by atoms with van der Waals surface area (Å²) >= 11 is 0. The van der Waals surface area contributed by atoms with Crippen molar-refractivity contribution in [1.82, 2.24) is 19.8 Å². The second-order valence-corrected chi connectivity index (χ2v) is 8.39. The number of anilines is 1. The van der Waals surface area contributed by atoms with Crippen molar-refractivity contribution in [2.24, 2.45) is 0 Å². The van der Waals surface area contributed by atoms with Crippen molar-refractivity contribution in [3.63, 3.8) is 0 Å². The lowest BCUT2D eigenvalue weighted by atomic mass is 10.0. The highest BCUT2D eigenvalue weighted by Gasteiger charge is 2.18. The van der Waals surface area contributed by atoms with Gasteiger partial charge in [0.25, 0.3) is 0 Å². The molecule has 3 heterocycles. The Balaban J connectivity index is 1.67. The molecule has 2 N–H and O–H groups in total. The zero-order valence-corrected chi connectivity index (χ0v) is 20.6. The Hall–Kier alpha value is -3.76. The molecule has 1 saturated heterocycles. The van der Waals surface area contributed by atoms with Crippen LogP contribution >= 0.6 is 0 Å². The Bertz CT molecular complexity index is 1280. The van der Waals surface area contributed by atoms with E-state index in [4.69, 9.17) is 9.47 Å². The van der Waals surface area contributed by atoms with Crippen LogP contribution in [-0.4, -0.2) is 72.5 Å². The molecule has 0 saturated carbocycles. The summed E-state index contributed by atoms with van der Waals surface area (Å²) in [6.07, 6.45) is 3.24. The zero-order valence-electron chi connectivity index (χ0n) is 20.6. The molecular weight excluding hydrogens is 462 g/mol. The van der Waals surface area contributed by atoms with Gasteiger partial charge in [-0.25, -0.2) is 14.6 Å². The van der Waals surface area contributed by atoms with E-state index in [-0.39, 0.29) is 23.6 Å². The number of fused-ring (bicyclic) bond motifs is 1. The molecule has 0 bridgehead atoms. The SMILES string of the molecule is CCNC(=O)Nc1ccc(-c2ccc3c(c2)c(=O)c(C(=O)OCC)cn3CCN2CCOCC2)cn1. The Morgan fingerprint density at radius 3 is 2.56 bits per heavy atom. The van der Waals surface area contributed by atoms with Gasteiger partial charge in [-0.3, -0.25) is 15.0 Å². The minimum Gasteiger partial charge on any atom is -0.462 e. The first kappa shape index (κ1) is 25.3. The molecule has 0 radical (unpaired) electrons. The number of esters is 1. The number of hydrogen-bond acceptors (Lipinski definition) is 7. The van der Waals surface area contributed by atoms with Gasteiger partial charge >= 0.3 is 12.0 Å². The third-order valence-corrected chi connectivity index (χ3v) is 6.01. The minimum atomic E-state index is -0.627. The standard InChI is InChI=1S/C26H31N5O5/c1-3-27-26(34)29-23-8-6-19(16-28-23)18-5-7-22-20(15-18)24(32)21(25(33)36-4-2)17-31(22)10-9-30-11-13-35-14-12-30/h5-8,15-17H,3-4,9-14H2,1-2H3,(H2,27,28,29,34). The number of benzene rings is 1. The molecule has 0 unspecified atom stereocenters. The molecule has 10 nitrogen and oxygen atoms in total. The molecule has 3 aromatic rings. The number of carbonyl (C=O) groups excluding carboxylic acids is 2. The second-order valence-electron chi connectivity index (χ2n) is 8.39. The topological polar surface area (TPSA) is 115 Å². The van der Waals surface area contributed by atoms with Gasteiger partial charge in [0.05, 0.1) is 25.3 Å². The van der Waals surface area contributed by atoms with Gasteiger partial charge in [-0.05, 0) is 43.7 Å². The van der Waals surface area contributed by atoms with E-state index in [2.05, 4.69) is 20.5 Å². The summed E-state index contributed by atoms with van der Waals surface area (Å²) in [6.45, 7) is 8.74. The number of ether oxygens (including phenoxy) is 2. The fraction of sp³-hybridized carbons (Fsp3) is 0.385. The molecule has 1 aliphatic rings. The van der Waals surface area contributed by atoms with Gasteiger partial charge in [-0.1, -0.05) is 6.07 Å². The van der Waals surface area contributed by atoms with Crippen molar-refractivity contribution in [1.29, 1.82) is 0 Å². The predicted molar refractivity (Wildman–Crippen MR) is 137 cm³/mol. The third-order valence-electron chi connectivity index (χ3n) is 6.01. The Labute approximate surface area is 209 Å². The van der Waals surface area contributed by atoms with E-state index in [0.29, 0.717) is 37.5 Å². The number of aromatic nitrogens is 2. The van der Waals surface area contributed by atoms with Crippen LogP contribution in [0.5, 0.6) is 0 Å². The normalized spacial score (nSPS) is 13.9. The molecule has 190 valence electrons. The number of hydrogen-bond donors (Lipinski definition) is 2. The smallest absolute Gasteiger partial charge is 0.343 e. The number of nitrogens with one attached hydrogen (secondary N) is 2. The van der Waals surface area contributed by atoms with Crippen LogP contribution in [0.3, 0.4) is 0 Å². The summed E-state index contributed by atoms with van der Waals surface area (Å²) in [5.74, 6) is -0.210. The lowest BCUT2D eigenvalue weighted by Crippen LogP contribution is -2.38. The van der Waals surface area contributed by atoms with Crippen LogP contribution in [-0.2, 0) is 16.0 Å². The van der Waals surface area contributed by atoms with E-state index in [1.54, 1.807) is 31.5 Å². The lowest BCUT2D eigenvalue weighted by Gasteiger charge is -2.27. The van der Waals surface area contributed by atoms with Gasteiger partial charge in [0.15, 0.2) is 0 Å². The van der Waals surface area contributed by atoms with Crippen molar-refractivity contribution in [2.75, 3.05) is 51.3 Å². The molecule has 0 aliphatic carbocycles. The molecule has 0 spiro atoms. The number of amides is 2. The molecule has 4 rings (SSSR count). The van der Waals surface area contributed by atoms with E-state index < -0.39 is 5.97 Å². The summed E-state index contributed by atoms with van der Waals surface area (Å²) in [4.78, 5) is 44.2. The Morgan fingerprint density at radius 1 is 1.08 bits per heavy atom.